The fourth-order valence-corrected chi connectivity index (χ4v) is 6.06. The van der Waals surface area contributed by atoms with Crippen LogP contribution in [0.3, 0.4) is 0 Å². The molecule has 0 fully saturated rings. The zero-order valence-corrected chi connectivity index (χ0v) is 22.8. The summed E-state index contributed by atoms with van der Waals surface area (Å²) in [5.41, 5.74) is 1.66. The molecule has 0 saturated heterocycles. The van der Waals surface area contributed by atoms with E-state index in [0.29, 0.717) is 30.0 Å². The van der Waals surface area contributed by atoms with Crippen LogP contribution >= 0.6 is 23.2 Å². The molecule has 196 valence electrons. The van der Waals surface area contributed by atoms with E-state index in [9.17, 15) is 18.0 Å². The first-order valence-corrected chi connectivity index (χ1v) is 14.1. The van der Waals surface area contributed by atoms with Crippen LogP contribution in [0.4, 0.5) is 5.69 Å². The summed E-state index contributed by atoms with van der Waals surface area (Å²) in [6, 6.07) is 10.8. The summed E-state index contributed by atoms with van der Waals surface area (Å²) in [5.74, 6) is -1.23. The van der Waals surface area contributed by atoms with Crippen LogP contribution < -0.4 is 9.04 Å². The van der Waals surface area contributed by atoms with Gasteiger partial charge in [-0.1, -0.05) is 24.6 Å². The quantitative estimate of drug-likeness (QED) is 0.338. The van der Waals surface area contributed by atoms with Gasteiger partial charge >= 0.3 is 5.97 Å². The molecule has 1 heterocycles. The van der Waals surface area contributed by atoms with Crippen molar-refractivity contribution in [2.24, 2.45) is 0 Å². The lowest BCUT2D eigenvalue weighted by Gasteiger charge is -2.35. The van der Waals surface area contributed by atoms with Crippen molar-refractivity contribution in [1.29, 1.82) is 0 Å². The Hall–Kier alpha value is -2.49. The Balaban J connectivity index is 2.23. The molecule has 8 nitrogen and oxygen atoms in total. The van der Waals surface area contributed by atoms with E-state index in [-0.39, 0.29) is 29.6 Å². The second kappa shape index (κ2) is 12.2. The van der Waals surface area contributed by atoms with Crippen LogP contribution in [0.25, 0.3) is 0 Å². The van der Waals surface area contributed by atoms with Gasteiger partial charge in [-0.25, -0.2) is 8.42 Å². The second-order valence-electron chi connectivity index (χ2n) is 8.44. The Bertz CT molecular complexity index is 1190. The number of amides is 1. The number of methoxy groups -OCH3 is 1. The molecule has 0 N–H and O–H groups in total. The summed E-state index contributed by atoms with van der Waals surface area (Å²) in [5, 5.41) is 0. The number of sulfonamides is 1. The minimum Gasteiger partial charge on any atom is -0.497 e. The topological polar surface area (TPSA) is 93.2 Å². The molecule has 2 aromatic rings. The summed E-state index contributed by atoms with van der Waals surface area (Å²) in [6.45, 7) is 4.18. The summed E-state index contributed by atoms with van der Waals surface area (Å²) in [7, 11) is -2.52. The van der Waals surface area contributed by atoms with Crippen molar-refractivity contribution >= 4 is 50.8 Å². The van der Waals surface area contributed by atoms with Crippen molar-refractivity contribution in [3.05, 3.63) is 53.6 Å². The lowest BCUT2D eigenvalue weighted by molar-refractivity contribution is -0.153. The lowest BCUT2D eigenvalue weighted by Crippen LogP contribution is -2.46. The lowest BCUT2D eigenvalue weighted by atomic mass is 9.97. The Morgan fingerprint density at radius 1 is 1.11 bits per heavy atom. The number of fused-ring (bicyclic) bond motifs is 1. The van der Waals surface area contributed by atoms with E-state index in [1.807, 2.05) is 13.8 Å². The number of benzene rings is 2. The fourth-order valence-electron chi connectivity index (χ4n) is 4.35. The Kier molecular flexibility index (Phi) is 9.49. The average molecular weight is 557 g/mol. The van der Waals surface area contributed by atoms with E-state index in [1.54, 1.807) is 47.4 Å². The SMILES string of the molecule is CCCN(C(=O)CCl)[C@@H]1CCN(S(=O)(=O)c2ccc(C)cc2)c2cc(OC)ccc2[C@H]1OC(=O)CCl. The highest BCUT2D eigenvalue weighted by Crippen LogP contribution is 2.42. The predicted octanol–water partition coefficient (Wildman–Crippen LogP) is 4.27. The van der Waals surface area contributed by atoms with Crippen LogP contribution in [0.5, 0.6) is 5.75 Å². The van der Waals surface area contributed by atoms with E-state index < -0.39 is 34.0 Å². The molecule has 0 unspecified atom stereocenters. The average Bonchev–Trinajstić information content (AvgIpc) is 3.03. The largest absolute Gasteiger partial charge is 0.497 e. The highest BCUT2D eigenvalue weighted by molar-refractivity contribution is 7.92. The number of esters is 1. The molecule has 2 aromatic carbocycles. The van der Waals surface area contributed by atoms with Crippen LogP contribution in [-0.2, 0) is 24.3 Å². The molecule has 0 aromatic heterocycles. The van der Waals surface area contributed by atoms with Gasteiger partial charge in [-0.2, -0.15) is 0 Å². The van der Waals surface area contributed by atoms with E-state index in [4.69, 9.17) is 32.7 Å². The number of halogens is 2. The molecule has 1 aliphatic rings. The molecule has 0 bridgehead atoms. The van der Waals surface area contributed by atoms with Gasteiger partial charge in [-0.3, -0.25) is 13.9 Å². The maximum absolute atomic E-state index is 13.8. The first-order valence-electron chi connectivity index (χ1n) is 11.6. The van der Waals surface area contributed by atoms with E-state index >= 15 is 0 Å². The number of alkyl halides is 2. The zero-order chi connectivity index (χ0) is 26.5. The van der Waals surface area contributed by atoms with Crippen molar-refractivity contribution in [2.75, 3.05) is 36.3 Å². The molecule has 1 amide bonds. The molecular formula is C25H30Cl2N2O6S. The predicted molar refractivity (Wildman–Crippen MR) is 139 cm³/mol. The van der Waals surface area contributed by atoms with Gasteiger partial charge in [0.05, 0.1) is 23.7 Å². The van der Waals surface area contributed by atoms with Crippen molar-refractivity contribution < 1.29 is 27.5 Å². The number of hydrogen-bond acceptors (Lipinski definition) is 6. The molecule has 0 saturated carbocycles. The normalized spacial score (nSPS) is 17.6. The number of ether oxygens (including phenoxy) is 2. The van der Waals surface area contributed by atoms with Crippen molar-refractivity contribution in [3.63, 3.8) is 0 Å². The Morgan fingerprint density at radius 2 is 1.81 bits per heavy atom. The third kappa shape index (κ3) is 5.90. The van der Waals surface area contributed by atoms with Gasteiger partial charge in [0.25, 0.3) is 10.0 Å². The monoisotopic (exact) mass is 556 g/mol. The van der Waals surface area contributed by atoms with Gasteiger partial charge in [-0.05, 0) is 44.0 Å². The van der Waals surface area contributed by atoms with Crippen LogP contribution in [0.1, 0.15) is 37.0 Å². The number of rotatable bonds is 9. The Morgan fingerprint density at radius 3 is 2.39 bits per heavy atom. The van der Waals surface area contributed by atoms with E-state index in [2.05, 4.69) is 0 Å². The van der Waals surface area contributed by atoms with Crippen molar-refractivity contribution in [2.45, 2.75) is 43.7 Å². The molecule has 11 heteroatoms. The van der Waals surface area contributed by atoms with Gasteiger partial charge < -0.3 is 14.4 Å². The molecule has 36 heavy (non-hydrogen) atoms. The summed E-state index contributed by atoms with van der Waals surface area (Å²) in [4.78, 5) is 26.9. The minimum atomic E-state index is -4.00. The highest BCUT2D eigenvalue weighted by atomic mass is 35.5. The Labute approximate surface area is 222 Å². The van der Waals surface area contributed by atoms with Gasteiger partial charge in [-0.15, -0.1) is 23.2 Å². The van der Waals surface area contributed by atoms with Crippen LogP contribution in [-0.4, -0.2) is 63.2 Å². The minimum absolute atomic E-state index is 0.0335. The first kappa shape index (κ1) is 28.1. The number of carbonyl (C=O) groups is 2. The second-order valence-corrected chi connectivity index (χ2v) is 10.8. The smallest absolute Gasteiger partial charge is 0.321 e. The summed E-state index contributed by atoms with van der Waals surface area (Å²) < 4.78 is 40.1. The maximum Gasteiger partial charge on any atom is 0.321 e. The standard InChI is InChI=1S/C25H30Cl2N2O6S/c1-4-12-28(23(30)15-26)21-11-13-29(36(32,33)19-8-5-17(2)6-9-19)22-14-18(34-3)7-10-20(22)25(21)35-24(31)16-27/h5-10,14,21,25H,4,11-13,15-16H2,1-3H3/t21-,25-/m1/s1. The van der Waals surface area contributed by atoms with Crippen LogP contribution in [0.2, 0.25) is 0 Å². The summed E-state index contributed by atoms with van der Waals surface area (Å²) in [6.07, 6.45) is -0.129. The zero-order valence-electron chi connectivity index (χ0n) is 20.4. The van der Waals surface area contributed by atoms with E-state index in [1.165, 1.54) is 11.4 Å². The van der Waals surface area contributed by atoms with Crippen molar-refractivity contribution in [3.8, 4) is 5.75 Å². The number of nitrogens with zero attached hydrogens (tertiary/aromatic N) is 2. The molecule has 0 aliphatic carbocycles. The van der Waals surface area contributed by atoms with Crippen molar-refractivity contribution in [1.82, 2.24) is 4.90 Å². The fraction of sp³-hybridized carbons (Fsp3) is 0.440. The molecule has 3 rings (SSSR count). The molecule has 0 spiro atoms. The molecule has 1 aliphatic heterocycles. The van der Waals surface area contributed by atoms with Gasteiger partial charge in [0.2, 0.25) is 5.91 Å². The first-order chi connectivity index (χ1) is 17.2. The molecular weight excluding hydrogens is 527 g/mol. The number of hydrogen-bond donors (Lipinski definition) is 0. The van der Waals surface area contributed by atoms with Gasteiger partial charge in [0.15, 0.2) is 0 Å². The third-order valence-corrected chi connectivity index (χ3v) is 8.34. The molecule has 2 atom stereocenters. The maximum atomic E-state index is 13.8. The number of aryl methyl sites for hydroxylation is 1. The van der Waals surface area contributed by atoms with Gasteiger partial charge in [0, 0.05) is 24.7 Å². The number of carbonyl (C=O) groups excluding carboxylic acids is 2. The highest BCUT2D eigenvalue weighted by Gasteiger charge is 2.41. The molecule has 0 radical (unpaired) electrons. The van der Waals surface area contributed by atoms with Gasteiger partial charge in [0.1, 0.15) is 23.6 Å². The number of anilines is 1. The third-order valence-electron chi connectivity index (χ3n) is 6.07. The van der Waals surface area contributed by atoms with Crippen LogP contribution in [0, 0.1) is 6.92 Å². The summed E-state index contributed by atoms with van der Waals surface area (Å²) >= 11 is 11.7. The van der Waals surface area contributed by atoms with E-state index in [0.717, 1.165) is 5.56 Å². The van der Waals surface area contributed by atoms with Crippen LogP contribution in [0.15, 0.2) is 47.4 Å².